The Balaban J connectivity index is 2.03. The van der Waals surface area contributed by atoms with E-state index in [4.69, 9.17) is 15.0 Å². The number of halogens is 1. The Morgan fingerprint density at radius 3 is 2.68 bits per heavy atom. The van der Waals surface area contributed by atoms with Gasteiger partial charge in [-0.3, -0.25) is 0 Å². The average Bonchev–Trinajstić information content (AvgIpc) is 2.86. The molecule has 3 rings (SSSR count). The lowest BCUT2D eigenvalue weighted by atomic mass is 10.1. The third kappa shape index (κ3) is 2.39. The summed E-state index contributed by atoms with van der Waals surface area (Å²) in [5, 5.41) is 3.67. The van der Waals surface area contributed by atoms with Crippen LogP contribution in [0.4, 0.5) is 15.9 Å². The van der Waals surface area contributed by atoms with Gasteiger partial charge in [0.05, 0.1) is 18.9 Å². The molecule has 2 heterocycles. The topological polar surface area (TPSA) is 64.5 Å². The van der Waals surface area contributed by atoms with Gasteiger partial charge in [0.2, 0.25) is 0 Å². The van der Waals surface area contributed by atoms with Crippen LogP contribution in [0.5, 0.6) is 0 Å². The summed E-state index contributed by atoms with van der Waals surface area (Å²) in [5.74, 6) is 0.573. The molecule has 1 saturated heterocycles. The molecule has 0 amide bonds. The summed E-state index contributed by atoms with van der Waals surface area (Å²) < 4.78 is 24.0. The molecule has 0 aliphatic carbocycles. The fourth-order valence-electron chi connectivity index (χ4n) is 2.19. The third-order valence-corrected chi connectivity index (χ3v) is 3.11. The van der Waals surface area contributed by atoms with E-state index < -0.39 is 0 Å². The van der Waals surface area contributed by atoms with Gasteiger partial charge < -0.3 is 19.9 Å². The summed E-state index contributed by atoms with van der Waals surface area (Å²) in [4.78, 5) is 2.07. The maximum Gasteiger partial charge on any atom is 0.171 e. The summed E-state index contributed by atoms with van der Waals surface area (Å²) in [5.41, 5.74) is 7.12. The number of nitrogen functional groups attached to an aromatic ring is 1. The van der Waals surface area contributed by atoms with E-state index in [-0.39, 0.29) is 5.82 Å². The van der Waals surface area contributed by atoms with Crippen molar-refractivity contribution in [1.82, 2.24) is 5.16 Å². The van der Waals surface area contributed by atoms with Crippen LogP contribution in [0.1, 0.15) is 0 Å². The zero-order chi connectivity index (χ0) is 13.2. The van der Waals surface area contributed by atoms with Crippen molar-refractivity contribution in [3.8, 4) is 11.3 Å². The number of benzene rings is 1. The maximum atomic E-state index is 13.5. The van der Waals surface area contributed by atoms with Crippen LogP contribution in [0.15, 0.2) is 28.8 Å². The Kier molecular flexibility index (Phi) is 3.08. The Bertz CT molecular complexity index is 579. The Morgan fingerprint density at radius 2 is 2.00 bits per heavy atom. The molecule has 0 atom stereocenters. The van der Waals surface area contributed by atoms with Gasteiger partial charge in [-0.05, 0) is 18.2 Å². The first-order chi connectivity index (χ1) is 9.24. The zero-order valence-corrected chi connectivity index (χ0v) is 10.3. The van der Waals surface area contributed by atoms with E-state index in [2.05, 4.69) is 10.1 Å². The smallest absolute Gasteiger partial charge is 0.171 e. The summed E-state index contributed by atoms with van der Waals surface area (Å²) in [6.45, 7) is 2.71. The van der Waals surface area contributed by atoms with Crippen LogP contribution in [0.3, 0.4) is 0 Å². The molecule has 0 spiro atoms. The molecule has 0 bridgehead atoms. The number of aromatic nitrogens is 1. The molecular formula is C13H14FN3O2. The molecular weight excluding hydrogens is 249 g/mol. The lowest BCUT2D eigenvalue weighted by molar-refractivity contribution is 0.122. The third-order valence-electron chi connectivity index (χ3n) is 3.11. The minimum absolute atomic E-state index is 0.280. The predicted octanol–water partition coefficient (Wildman–Crippen LogP) is 1.90. The van der Waals surface area contributed by atoms with Gasteiger partial charge in [-0.25, -0.2) is 4.39 Å². The minimum atomic E-state index is -0.280. The summed E-state index contributed by atoms with van der Waals surface area (Å²) >= 11 is 0. The van der Waals surface area contributed by atoms with Crippen LogP contribution in [0.25, 0.3) is 11.3 Å². The van der Waals surface area contributed by atoms with Crippen molar-refractivity contribution in [2.24, 2.45) is 0 Å². The van der Waals surface area contributed by atoms with Gasteiger partial charge >= 0.3 is 0 Å². The van der Waals surface area contributed by atoms with Crippen LogP contribution in [-0.2, 0) is 4.74 Å². The van der Waals surface area contributed by atoms with Crippen molar-refractivity contribution in [3.63, 3.8) is 0 Å². The van der Waals surface area contributed by atoms with Crippen molar-refractivity contribution in [2.75, 3.05) is 36.9 Å². The van der Waals surface area contributed by atoms with Gasteiger partial charge in [-0.1, -0.05) is 5.16 Å². The Morgan fingerprint density at radius 1 is 1.21 bits per heavy atom. The largest absolute Gasteiger partial charge is 0.381 e. The van der Waals surface area contributed by atoms with Gasteiger partial charge in [-0.2, -0.15) is 0 Å². The van der Waals surface area contributed by atoms with Crippen molar-refractivity contribution in [2.45, 2.75) is 0 Å². The molecule has 0 radical (unpaired) electrons. The first-order valence-corrected chi connectivity index (χ1v) is 6.09. The minimum Gasteiger partial charge on any atom is -0.381 e. The fourth-order valence-corrected chi connectivity index (χ4v) is 2.19. The highest BCUT2D eigenvalue weighted by Crippen LogP contribution is 2.32. The highest BCUT2D eigenvalue weighted by Gasteiger charge is 2.18. The standard InChI is InChI=1S/C13H14FN3O2/c14-9-1-2-10(12-8-13(15)16-19-12)11(7-9)17-3-5-18-6-4-17/h1-2,7-8H,3-6H2,(H2,15,16). The molecule has 2 N–H and O–H groups in total. The number of hydrogen-bond acceptors (Lipinski definition) is 5. The van der Waals surface area contributed by atoms with Crippen molar-refractivity contribution in [3.05, 3.63) is 30.1 Å². The fraction of sp³-hybridized carbons (Fsp3) is 0.308. The number of hydrogen-bond donors (Lipinski definition) is 1. The molecule has 1 aliphatic rings. The molecule has 6 heteroatoms. The van der Waals surface area contributed by atoms with Crippen molar-refractivity contribution < 1.29 is 13.7 Å². The van der Waals surface area contributed by atoms with Crippen LogP contribution >= 0.6 is 0 Å². The Labute approximate surface area is 109 Å². The number of morpholine rings is 1. The first-order valence-electron chi connectivity index (χ1n) is 6.09. The van der Waals surface area contributed by atoms with E-state index >= 15 is 0 Å². The van der Waals surface area contributed by atoms with E-state index in [0.29, 0.717) is 24.8 Å². The zero-order valence-electron chi connectivity index (χ0n) is 10.3. The molecule has 5 nitrogen and oxygen atoms in total. The predicted molar refractivity (Wildman–Crippen MR) is 69.3 cm³/mol. The highest BCUT2D eigenvalue weighted by molar-refractivity contribution is 5.76. The molecule has 1 aromatic heterocycles. The quantitative estimate of drug-likeness (QED) is 0.896. The van der Waals surface area contributed by atoms with Gasteiger partial charge in [0, 0.05) is 24.7 Å². The van der Waals surface area contributed by atoms with Crippen molar-refractivity contribution in [1.29, 1.82) is 0 Å². The molecule has 19 heavy (non-hydrogen) atoms. The summed E-state index contributed by atoms with van der Waals surface area (Å²) in [7, 11) is 0. The second-order valence-electron chi connectivity index (χ2n) is 4.38. The van der Waals surface area contributed by atoms with Gasteiger partial charge in [0.1, 0.15) is 5.82 Å². The van der Waals surface area contributed by atoms with Crippen LogP contribution in [0.2, 0.25) is 0 Å². The second-order valence-corrected chi connectivity index (χ2v) is 4.38. The van der Waals surface area contributed by atoms with Gasteiger partial charge in [-0.15, -0.1) is 0 Å². The van der Waals surface area contributed by atoms with E-state index in [1.54, 1.807) is 12.1 Å². The SMILES string of the molecule is Nc1cc(-c2ccc(F)cc2N2CCOCC2)on1. The van der Waals surface area contributed by atoms with E-state index in [1.807, 2.05) is 0 Å². The van der Waals surface area contributed by atoms with Crippen LogP contribution in [-0.4, -0.2) is 31.5 Å². The maximum absolute atomic E-state index is 13.5. The van der Waals surface area contributed by atoms with Gasteiger partial charge in [0.15, 0.2) is 11.6 Å². The van der Waals surface area contributed by atoms with Gasteiger partial charge in [0.25, 0.3) is 0 Å². The average molecular weight is 263 g/mol. The molecule has 1 fully saturated rings. The van der Waals surface area contributed by atoms with Crippen molar-refractivity contribution >= 4 is 11.5 Å². The molecule has 1 aliphatic heterocycles. The molecule has 2 aromatic rings. The molecule has 100 valence electrons. The second kappa shape index (κ2) is 4.89. The monoisotopic (exact) mass is 263 g/mol. The van der Waals surface area contributed by atoms with E-state index in [1.165, 1.54) is 12.1 Å². The lowest BCUT2D eigenvalue weighted by Crippen LogP contribution is -2.36. The summed E-state index contributed by atoms with van der Waals surface area (Å²) in [6.07, 6.45) is 0. The molecule has 1 aromatic carbocycles. The van der Waals surface area contributed by atoms with Crippen LogP contribution < -0.4 is 10.6 Å². The first kappa shape index (κ1) is 12.0. The lowest BCUT2D eigenvalue weighted by Gasteiger charge is -2.30. The van der Waals surface area contributed by atoms with Crippen LogP contribution in [0, 0.1) is 5.82 Å². The van der Waals surface area contributed by atoms with E-state index in [9.17, 15) is 4.39 Å². The number of rotatable bonds is 2. The Hall–Kier alpha value is -2.08. The number of ether oxygens (including phenoxy) is 1. The molecule has 0 unspecified atom stereocenters. The normalized spacial score (nSPS) is 15.7. The van der Waals surface area contributed by atoms with E-state index in [0.717, 1.165) is 24.3 Å². The molecule has 0 saturated carbocycles. The highest BCUT2D eigenvalue weighted by atomic mass is 19.1. The summed E-state index contributed by atoms with van der Waals surface area (Å²) in [6, 6.07) is 6.22. The number of anilines is 2. The number of nitrogens with zero attached hydrogens (tertiary/aromatic N) is 2. The number of nitrogens with two attached hydrogens (primary N) is 1.